The highest BCUT2D eigenvalue weighted by Gasteiger charge is 2.40. The van der Waals surface area contributed by atoms with Crippen molar-refractivity contribution in [2.75, 3.05) is 7.11 Å². The zero-order valence-corrected chi connectivity index (χ0v) is 18.8. The Labute approximate surface area is 166 Å². The number of thiophene rings is 1. The number of halogens is 1. The standard InChI is InChI=1S/C20H27ClO3SSi/c1-20(2,3)26(5,6)24-19(14-8-7-9-15(21)10-14)17-11-16(12-22)25-18(17)13-23-4/h7-12,19H,13H2,1-6H3. The maximum Gasteiger partial charge on any atom is 0.193 e. The van der Waals surface area contributed by atoms with Gasteiger partial charge >= 0.3 is 0 Å². The van der Waals surface area contributed by atoms with Crippen molar-refractivity contribution in [3.63, 3.8) is 0 Å². The van der Waals surface area contributed by atoms with E-state index in [9.17, 15) is 4.79 Å². The van der Waals surface area contributed by atoms with Crippen LogP contribution < -0.4 is 0 Å². The van der Waals surface area contributed by atoms with Crippen LogP contribution in [-0.4, -0.2) is 21.7 Å². The minimum absolute atomic E-state index is 0.0642. The van der Waals surface area contributed by atoms with Crippen molar-refractivity contribution < 1.29 is 14.0 Å². The summed E-state index contributed by atoms with van der Waals surface area (Å²) < 4.78 is 12.1. The van der Waals surface area contributed by atoms with E-state index in [1.165, 1.54) is 11.3 Å². The van der Waals surface area contributed by atoms with Crippen LogP contribution in [0.2, 0.25) is 23.2 Å². The number of carbonyl (C=O) groups excluding carboxylic acids is 1. The van der Waals surface area contributed by atoms with Gasteiger partial charge in [-0.25, -0.2) is 0 Å². The molecule has 0 radical (unpaired) electrons. The first-order chi connectivity index (χ1) is 12.1. The predicted molar refractivity (Wildman–Crippen MR) is 112 cm³/mol. The lowest BCUT2D eigenvalue weighted by atomic mass is 10.0. The minimum Gasteiger partial charge on any atom is -0.406 e. The van der Waals surface area contributed by atoms with Crippen LogP contribution in [0.4, 0.5) is 0 Å². The summed E-state index contributed by atoms with van der Waals surface area (Å²) in [5.74, 6) is 0. The molecule has 0 N–H and O–H groups in total. The molecule has 0 aliphatic rings. The van der Waals surface area contributed by atoms with Gasteiger partial charge in [-0.3, -0.25) is 4.79 Å². The van der Waals surface area contributed by atoms with Crippen LogP contribution in [0.25, 0.3) is 0 Å². The van der Waals surface area contributed by atoms with Crippen LogP contribution in [0.5, 0.6) is 0 Å². The molecular weight excluding hydrogens is 384 g/mol. The number of ether oxygens (including phenoxy) is 1. The maximum atomic E-state index is 11.4. The molecule has 142 valence electrons. The highest BCUT2D eigenvalue weighted by Crippen LogP contribution is 2.43. The Bertz CT molecular complexity index is 765. The van der Waals surface area contributed by atoms with Crippen LogP contribution in [0.1, 0.15) is 52.6 Å². The fourth-order valence-electron chi connectivity index (χ4n) is 2.44. The number of methoxy groups -OCH3 is 1. The summed E-state index contributed by atoms with van der Waals surface area (Å²) in [4.78, 5) is 13.0. The largest absolute Gasteiger partial charge is 0.406 e. The molecule has 0 fully saturated rings. The molecule has 1 atom stereocenters. The normalized spacial score (nSPS) is 13.7. The maximum absolute atomic E-state index is 11.4. The molecule has 3 nitrogen and oxygen atoms in total. The summed E-state index contributed by atoms with van der Waals surface area (Å²) >= 11 is 7.70. The van der Waals surface area contributed by atoms with E-state index in [4.69, 9.17) is 20.8 Å². The Hall–Kier alpha value is -0.983. The average Bonchev–Trinajstić information content (AvgIpc) is 2.95. The molecule has 1 heterocycles. The smallest absolute Gasteiger partial charge is 0.193 e. The molecule has 0 amide bonds. The predicted octanol–water partition coefficient (Wildman–Crippen LogP) is 6.47. The van der Waals surface area contributed by atoms with Crippen molar-refractivity contribution in [2.45, 2.75) is 51.6 Å². The molecule has 2 rings (SSSR count). The van der Waals surface area contributed by atoms with E-state index in [1.807, 2.05) is 30.3 Å². The quantitative estimate of drug-likeness (QED) is 0.387. The molecule has 0 aliphatic heterocycles. The first-order valence-corrected chi connectivity index (χ1v) is 12.7. The number of benzene rings is 1. The molecule has 6 heteroatoms. The van der Waals surface area contributed by atoms with Gasteiger partial charge in [0.05, 0.1) is 17.6 Å². The third-order valence-corrected chi connectivity index (χ3v) is 10.6. The zero-order valence-electron chi connectivity index (χ0n) is 16.3. The van der Waals surface area contributed by atoms with E-state index < -0.39 is 8.32 Å². The van der Waals surface area contributed by atoms with Gasteiger partial charge in [-0.2, -0.15) is 0 Å². The van der Waals surface area contributed by atoms with E-state index in [-0.39, 0.29) is 11.1 Å². The fraction of sp³-hybridized carbons (Fsp3) is 0.450. The Balaban J connectivity index is 2.58. The summed E-state index contributed by atoms with van der Waals surface area (Å²) in [5.41, 5.74) is 1.99. The minimum atomic E-state index is -2.07. The molecule has 0 saturated heterocycles. The number of hydrogen-bond donors (Lipinski definition) is 0. The van der Waals surface area contributed by atoms with E-state index >= 15 is 0 Å². The molecule has 1 aromatic carbocycles. The first-order valence-electron chi connectivity index (χ1n) is 8.59. The monoisotopic (exact) mass is 410 g/mol. The lowest BCUT2D eigenvalue weighted by Crippen LogP contribution is -2.42. The Kier molecular flexibility index (Phi) is 6.85. The van der Waals surface area contributed by atoms with Gasteiger partial charge in [0.15, 0.2) is 14.6 Å². The van der Waals surface area contributed by atoms with Gasteiger partial charge in [0.2, 0.25) is 0 Å². The van der Waals surface area contributed by atoms with Gasteiger partial charge in [-0.05, 0) is 41.9 Å². The van der Waals surface area contributed by atoms with Gasteiger partial charge in [-0.1, -0.05) is 44.5 Å². The van der Waals surface area contributed by atoms with Crippen molar-refractivity contribution in [2.24, 2.45) is 0 Å². The first kappa shape index (κ1) is 21.3. The summed E-state index contributed by atoms with van der Waals surface area (Å²) in [6.45, 7) is 11.6. The van der Waals surface area contributed by atoms with Crippen LogP contribution in [0.3, 0.4) is 0 Å². The lowest BCUT2D eigenvalue weighted by Gasteiger charge is -2.39. The molecule has 0 spiro atoms. The van der Waals surface area contributed by atoms with Crippen molar-refractivity contribution in [1.29, 1.82) is 0 Å². The SMILES string of the molecule is COCc1sc(C=O)cc1C(O[Si](C)(C)C(C)(C)C)c1cccc(Cl)c1. The van der Waals surface area contributed by atoms with Crippen molar-refractivity contribution in [1.82, 2.24) is 0 Å². The molecule has 1 aromatic heterocycles. The Morgan fingerprint density at radius 1 is 1.27 bits per heavy atom. The zero-order chi connectivity index (χ0) is 19.5. The molecule has 2 aromatic rings. The van der Waals surface area contributed by atoms with Gasteiger partial charge in [-0.15, -0.1) is 11.3 Å². The van der Waals surface area contributed by atoms with Crippen molar-refractivity contribution in [3.8, 4) is 0 Å². The third-order valence-electron chi connectivity index (χ3n) is 4.90. The Morgan fingerprint density at radius 3 is 2.50 bits per heavy atom. The molecule has 26 heavy (non-hydrogen) atoms. The van der Waals surface area contributed by atoms with Crippen LogP contribution in [-0.2, 0) is 15.8 Å². The molecular formula is C20H27ClO3SSi. The summed E-state index contributed by atoms with van der Waals surface area (Å²) in [6.07, 6.45) is 0.610. The van der Waals surface area contributed by atoms with Gasteiger partial charge in [0.1, 0.15) is 0 Å². The molecule has 1 unspecified atom stereocenters. The van der Waals surface area contributed by atoms with Crippen LogP contribution >= 0.6 is 22.9 Å². The summed E-state index contributed by atoms with van der Waals surface area (Å²) in [7, 11) is -0.405. The lowest BCUT2D eigenvalue weighted by molar-refractivity contribution is 0.112. The average molecular weight is 411 g/mol. The number of rotatable bonds is 7. The second-order valence-corrected chi connectivity index (χ2v) is 14.3. The van der Waals surface area contributed by atoms with Gasteiger partial charge < -0.3 is 9.16 Å². The Morgan fingerprint density at radius 2 is 1.96 bits per heavy atom. The number of aldehydes is 1. The molecule has 0 saturated carbocycles. The second-order valence-electron chi connectivity index (χ2n) is 7.89. The number of carbonyl (C=O) groups is 1. The van der Waals surface area contributed by atoms with Crippen molar-refractivity contribution >= 4 is 37.5 Å². The number of hydrogen-bond acceptors (Lipinski definition) is 4. The van der Waals surface area contributed by atoms with Crippen LogP contribution in [0.15, 0.2) is 30.3 Å². The van der Waals surface area contributed by atoms with Crippen LogP contribution in [0, 0.1) is 0 Å². The van der Waals surface area contributed by atoms with Gasteiger partial charge in [0.25, 0.3) is 0 Å². The topological polar surface area (TPSA) is 35.5 Å². The highest BCUT2D eigenvalue weighted by atomic mass is 35.5. The van der Waals surface area contributed by atoms with Crippen molar-refractivity contribution in [3.05, 3.63) is 56.2 Å². The van der Waals surface area contributed by atoms with E-state index in [0.29, 0.717) is 16.5 Å². The second kappa shape index (κ2) is 8.36. The molecule has 0 bridgehead atoms. The van der Waals surface area contributed by atoms with E-state index in [0.717, 1.165) is 22.3 Å². The summed E-state index contributed by atoms with van der Waals surface area (Å²) in [6, 6.07) is 9.68. The van der Waals surface area contributed by atoms with E-state index in [1.54, 1.807) is 7.11 Å². The molecule has 0 aliphatic carbocycles. The fourth-order valence-corrected chi connectivity index (χ4v) is 4.82. The highest BCUT2D eigenvalue weighted by molar-refractivity contribution is 7.13. The van der Waals surface area contributed by atoms with E-state index in [2.05, 4.69) is 33.9 Å². The summed E-state index contributed by atoms with van der Waals surface area (Å²) in [5, 5.41) is 0.736. The third kappa shape index (κ3) is 4.84. The van der Waals surface area contributed by atoms with Gasteiger partial charge in [0, 0.05) is 22.6 Å².